The molecular formula is C16H17ClN4O2. The maximum atomic E-state index is 12.7. The van der Waals surface area contributed by atoms with Crippen molar-refractivity contribution in [3.63, 3.8) is 0 Å². The van der Waals surface area contributed by atoms with Gasteiger partial charge in [0.1, 0.15) is 11.1 Å². The van der Waals surface area contributed by atoms with Crippen molar-refractivity contribution < 1.29 is 4.79 Å². The summed E-state index contributed by atoms with van der Waals surface area (Å²) in [6, 6.07) is 9.18. The Morgan fingerprint density at radius 2 is 1.96 bits per heavy atom. The molecule has 120 valence electrons. The lowest BCUT2D eigenvalue weighted by atomic mass is 10.2. The largest absolute Gasteiger partial charge is 0.360 e. The second-order valence-corrected chi connectivity index (χ2v) is 5.89. The zero-order chi connectivity index (χ0) is 16.6. The van der Waals surface area contributed by atoms with Gasteiger partial charge in [-0.3, -0.25) is 9.59 Å². The summed E-state index contributed by atoms with van der Waals surface area (Å²) in [7, 11) is 3.30. The molecule has 0 bridgehead atoms. The Hall–Kier alpha value is -2.34. The van der Waals surface area contributed by atoms with Crippen molar-refractivity contribution in [1.29, 1.82) is 0 Å². The number of anilines is 2. The molecule has 0 spiro atoms. The van der Waals surface area contributed by atoms with E-state index in [4.69, 9.17) is 11.6 Å². The monoisotopic (exact) mass is 332 g/mol. The van der Waals surface area contributed by atoms with Crippen LogP contribution in [-0.2, 0) is 11.8 Å². The number of hydrogen-bond acceptors (Lipinski definition) is 4. The van der Waals surface area contributed by atoms with Gasteiger partial charge >= 0.3 is 0 Å². The van der Waals surface area contributed by atoms with Gasteiger partial charge in [0.15, 0.2) is 0 Å². The molecular weight excluding hydrogens is 316 g/mol. The Bertz CT molecular complexity index is 790. The summed E-state index contributed by atoms with van der Waals surface area (Å²) < 4.78 is 1.17. The highest BCUT2D eigenvalue weighted by molar-refractivity contribution is 6.33. The first-order chi connectivity index (χ1) is 11.0. The summed E-state index contributed by atoms with van der Waals surface area (Å²) in [6.45, 7) is 0.633. The van der Waals surface area contributed by atoms with E-state index in [0.717, 1.165) is 5.69 Å². The van der Waals surface area contributed by atoms with Crippen molar-refractivity contribution in [1.82, 2.24) is 9.78 Å². The molecule has 2 heterocycles. The molecule has 3 rings (SSSR count). The molecule has 7 heteroatoms. The molecule has 0 saturated carbocycles. The lowest BCUT2D eigenvalue weighted by Gasteiger charge is -2.26. The molecule has 0 aliphatic carbocycles. The Labute approximate surface area is 138 Å². The highest BCUT2D eigenvalue weighted by Gasteiger charge is 2.36. The number of halogens is 1. The molecule has 0 radical (unpaired) electrons. The number of carbonyl (C=O) groups is 1. The van der Waals surface area contributed by atoms with Gasteiger partial charge in [-0.1, -0.05) is 29.8 Å². The SMILES string of the molecule is CN(c1cnn(C)c(=O)c1Cl)C1CCN(c2ccccc2)C1=O. The summed E-state index contributed by atoms with van der Waals surface area (Å²) in [5, 5.41) is 4.07. The van der Waals surface area contributed by atoms with Gasteiger partial charge in [-0.15, -0.1) is 0 Å². The van der Waals surface area contributed by atoms with Crippen molar-refractivity contribution in [2.24, 2.45) is 7.05 Å². The normalized spacial score (nSPS) is 17.6. The maximum absolute atomic E-state index is 12.7. The maximum Gasteiger partial charge on any atom is 0.287 e. The number of amides is 1. The van der Waals surface area contributed by atoms with Gasteiger partial charge in [0.25, 0.3) is 5.56 Å². The predicted molar refractivity (Wildman–Crippen MR) is 90.1 cm³/mol. The van der Waals surface area contributed by atoms with Crippen LogP contribution in [-0.4, -0.2) is 35.3 Å². The average molecular weight is 333 g/mol. The number of nitrogens with zero attached hydrogens (tertiary/aromatic N) is 4. The van der Waals surface area contributed by atoms with E-state index in [9.17, 15) is 9.59 Å². The fraction of sp³-hybridized carbons (Fsp3) is 0.312. The fourth-order valence-corrected chi connectivity index (χ4v) is 3.11. The summed E-state index contributed by atoms with van der Waals surface area (Å²) in [6.07, 6.45) is 2.18. The van der Waals surface area contributed by atoms with Crippen LogP contribution in [0, 0.1) is 0 Å². The quantitative estimate of drug-likeness (QED) is 0.858. The van der Waals surface area contributed by atoms with Gasteiger partial charge in [-0.05, 0) is 18.6 Å². The first-order valence-corrected chi connectivity index (χ1v) is 7.69. The molecule has 1 unspecified atom stereocenters. The summed E-state index contributed by atoms with van der Waals surface area (Å²) >= 11 is 6.13. The van der Waals surface area contributed by atoms with Crippen LogP contribution in [0.5, 0.6) is 0 Å². The van der Waals surface area contributed by atoms with Crippen LogP contribution in [0.25, 0.3) is 0 Å². The Morgan fingerprint density at radius 3 is 2.65 bits per heavy atom. The highest BCUT2D eigenvalue weighted by Crippen LogP contribution is 2.28. The first-order valence-electron chi connectivity index (χ1n) is 7.31. The molecule has 0 N–H and O–H groups in total. The number of para-hydroxylation sites is 1. The Morgan fingerprint density at radius 1 is 1.26 bits per heavy atom. The van der Waals surface area contributed by atoms with Gasteiger partial charge in [-0.25, -0.2) is 4.68 Å². The molecule has 23 heavy (non-hydrogen) atoms. The predicted octanol–water partition coefficient (Wildman–Crippen LogP) is 1.68. The van der Waals surface area contributed by atoms with Crippen molar-refractivity contribution in [3.8, 4) is 0 Å². The molecule has 1 aromatic carbocycles. The number of aromatic nitrogens is 2. The molecule has 1 fully saturated rings. The van der Waals surface area contributed by atoms with Gasteiger partial charge in [0, 0.05) is 26.3 Å². The Balaban J connectivity index is 1.87. The number of aryl methyl sites for hydroxylation is 1. The van der Waals surface area contributed by atoms with Crippen LogP contribution in [0.3, 0.4) is 0 Å². The van der Waals surface area contributed by atoms with Gasteiger partial charge < -0.3 is 9.80 Å². The zero-order valence-electron chi connectivity index (χ0n) is 12.9. The van der Waals surface area contributed by atoms with E-state index < -0.39 is 0 Å². The minimum absolute atomic E-state index is 0.00422. The van der Waals surface area contributed by atoms with E-state index in [1.807, 2.05) is 30.3 Å². The minimum atomic E-state index is -0.374. The number of carbonyl (C=O) groups excluding carboxylic acids is 1. The van der Waals surface area contributed by atoms with Crippen LogP contribution in [0.15, 0.2) is 41.3 Å². The summed E-state index contributed by atoms with van der Waals surface area (Å²) in [4.78, 5) is 28.1. The molecule has 1 aliphatic rings. The van der Waals surface area contributed by atoms with Crippen LogP contribution < -0.4 is 15.4 Å². The van der Waals surface area contributed by atoms with Crippen LogP contribution in [0.4, 0.5) is 11.4 Å². The molecule has 1 atom stereocenters. The molecule has 2 aromatic rings. The van der Waals surface area contributed by atoms with Crippen molar-refractivity contribution in [2.45, 2.75) is 12.5 Å². The first kappa shape index (κ1) is 15.6. The second kappa shape index (κ2) is 6.04. The third kappa shape index (κ3) is 2.70. The number of benzene rings is 1. The zero-order valence-corrected chi connectivity index (χ0v) is 13.7. The third-order valence-corrected chi connectivity index (χ3v) is 4.51. The van der Waals surface area contributed by atoms with Crippen LogP contribution in [0.2, 0.25) is 5.02 Å². The molecule has 6 nitrogen and oxygen atoms in total. The average Bonchev–Trinajstić information content (AvgIpc) is 2.94. The van der Waals surface area contributed by atoms with E-state index >= 15 is 0 Å². The van der Waals surface area contributed by atoms with E-state index in [1.165, 1.54) is 17.9 Å². The lowest BCUT2D eigenvalue weighted by molar-refractivity contribution is -0.118. The fourth-order valence-electron chi connectivity index (χ4n) is 2.80. The lowest BCUT2D eigenvalue weighted by Crippen LogP contribution is -2.40. The van der Waals surface area contributed by atoms with Crippen LogP contribution >= 0.6 is 11.6 Å². The summed E-state index contributed by atoms with van der Waals surface area (Å²) in [5.41, 5.74) is 0.978. The molecule has 1 amide bonds. The Kier molecular flexibility index (Phi) is 4.09. The highest BCUT2D eigenvalue weighted by atomic mass is 35.5. The van der Waals surface area contributed by atoms with E-state index in [2.05, 4.69) is 5.10 Å². The number of hydrogen-bond donors (Lipinski definition) is 0. The summed E-state index contributed by atoms with van der Waals surface area (Å²) in [5.74, 6) is -0.00422. The number of rotatable bonds is 3. The van der Waals surface area contributed by atoms with E-state index in [-0.39, 0.29) is 22.5 Å². The molecule has 1 saturated heterocycles. The van der Waals surface area contributed by atoms with Gasteiger partial charge in [0.05, 0.1) is 11.9 Å². The smallest absolute Gasteiger partial charge is 0.287 e. The van der Waals surface area contributed by atoms with E-state index in [1.54, 1.807) is 16.8 Å². The standard InChI is InChI=1S/C16H17ClN4O2/c1-19(13-10-18-20(2)16(23)14(13)17)12-8-9-21(15(12)22)11-6-4-3-5-7-11/h3-7,10,12H,8-9H2,1-2H3. The van der Waals surface area contributed by atoms with Gasteiger partial charge in [0.2, 0.25) is 5.91 Å². The minimum Gasteiger partial charge on any atom is -0.360 e. The molecule has 1 aliphatic heterocycles. The van der Waals surface area contributed by atoms with Crippen molar-refractivity contribution in [2.75, 3.05) is 23.4 Å². The van der Waals surface area contributed by atoms with Crippen LogP contribution in [0.1, 0.15) is 6.42 Å². The van der Waals surface area contributed by atoms with E-state index in [0.29, 0.717) is 18.7 Å². The van der Waals surface area contributed by atoms with Gasteiger partial charge in [-0.2, -0.15) is 5.10 Å². The van der Waals surface area contributed by atoms with Crippen molar-refractivity contribution in [3.05, 3.63) is 51.9 Å². The topological polar surface area (TPSA) is 58.4 Å². The third-order valence-electron chi connectivity index (χ3n) is 4.15. The number of likely N-dealkylation sites (N-methyl/N-ethyl adjacent to an activating group) is 1. The second-order valence-electron chi connectivity index (χ2n) is 5.51. The molecule has 1 aromatic heterocycles. The van der Waals surface area contributed by atoms with Crippen molar-refractivity contribution >= 4 is 28.9 Å².